The topological polar surface area (TPSA) is 20.2 Å². The fraction of sp³-hybridized carbons (Fsp3) is 0.294. The standard InChI is InChI=1S/C17H16OS/c18-16-14-5-2-1-4-12(14)9-10-17(16,13-7-8-13)15-6-3-11-19-15/h1-6,9-11,13,16,18H,7-8H2. The molecule has 1 N–H and O–H groups in total. The summed E-state index contributed by atoms with van der Waals surface area (Å²) < 4.78 is 0. The first-order valence-corrected chi connectivity index (χ1v) is 7.70. The summed E-state index contributed by atoms with van der Waals surface area (Å²) in [5.41, 5.74) is 2.04. The fourth-order valence-electron chi connectivity index (χ4n) is 3.35. The molecule has 1 fully saturated rings. The van der Waals surface area contributed by atoms with Gasteiger partial charge in [-0.3, -0.25) is 0 Å². The van der Waals surface area contributed by atoms with Gasteiger partial charge in [0, 0.05) is 4.88 Å². The van der Waals surface area contributed by atoms with Gasteiger partial charge in [-0.25, -0.2) is 0 Å². The maximum atomic E-state index is 11.0. The molecule has 2 aliphatic carbocycles. The van der Waals surface area contributed by atoms with Gasteiger partial charge in [-0.1, -0.05) is 42.5 Å². The van der Waals surface area contributed by atoms with Crippen LogP contribution >= 0.6 is 11.3 Å². The van der Waals surface area contributed by atoms with Crippen molar-refractivity contribution in [2.24, 2.45) is 5.92 Å². The van der Waals surface area contributed by atoms with Crippen molar-refractivity contribution in [1.29, 1.82) is 0 Å². The zero-order valence-electron chi connectivity index (χ0n) is 10.6. The molecule has 2 aromatic rings. The highest BCUT2D eigenvalue weighted by molar-refractivity contribution is 7.10. The minimum Gasteiger partial charge on any atom is -0.387 e. The van der Waals surface area contributed by atoms with E-state index in [1.165, 1.54) is 17.7 Å². The number of thiophene rings is 1. The first-order valence-electron chi connectivity index (χ1n) is 6.82. The molecule has 2 heteroatoms. The van der Waals surface area contributed by atoms with E-state index in [0.29, 0.717) is 5.92 Å². The van der Waals surface area contributed by atoms with Crippen LogP contribution in [0, 0.1) is 5.92 Å². The van der Waals surface area contributed by atoms with Crippen molar-refractivity contribution in [1.82, 2.24) is 0 Å². The minimum atomic E-state index is -0.417. The summed E-state index contributed by atoms with van der Waals surface area (Å²) in [6.07, 6.45) is 6.48. The van der Waals surface area contributed by atoms with Crippen LogP contribution in [0.15, 0.2) is 47.9 Å². The summed E-state index contributed by atoms with van der Waals surface area (Å²) in [4.78, 5) is 1.30. The van der Waals surface area contributed by atoms with E-state index in [1.807, 2.05) is 12.1 Å². The van der Waals surface area contributed by atoms with Gasteiger partial charge in [-0.15, -0.1) is 11.3 Å². The smallest absolute Gasteiger partial charge is 0.0937 e. The van der Waals surface area contributed by atoms with Gasteiger partial charge in [0.25, 0.3) is 0 Å². The number of fused-ring (bicyclic) bond motifs is 1. The highest BCUT2D eigenvalue weighted by Gasteiger charge is 2.52. The second-order valence-electron chi connectivity index (χ2n) is 5.55. The number of aliphatic hydroxyl groups is 1. The third-order valence-corrected chi connectivity index (χ3v) is 5.52. The first-order chi connectivity index (χ1) is 9.32. The summed E-state index contributed by atoms with van der Waals surface area (Å²) in [5.74, 6) is 0.589. The minimum absolute atomic E-state index is 0.192. The highest BCUT2D eigenvalue weighted by atomic mass is 32.1. The second kappa shape index (κ2) is 4.06. The average Bonchev–Trinajstić information content (AvgIpc) is 3.15. The quantitative estimate of drug-likeness (QED) is 0.867. The van der Waals surface area contributed by atoms with Gasteiger partial charge in [0.2, 0.25) is 0 Å². The Morgan fingerprint density at radius 1 is 1.11 bits per heavy atom. The lowest BCUT2D eigenvalue weighted by molar-refractivity contribution is 0.0935. The summed E-state index contributed by atoms with van der Waals surface area (Å²) >= 11 is 1.76. The number of aliphatic hydroxyl groups excluding tert-OH is 1. The van der Waals surface area contributed by atoms with Crippen LogP contribution in [0.4, 0.5) is 0 Å². The van der Waals surface area contributed by atoms with Crippen molar-refractivity contribution in [2.75, 3.05) is 0 Å². The van der Waals surface area contributed by atoms with E-state index in [1.54, 1.807) is 11.3 Å². The van der Waals surface area contributed by atoms with Gasteiger partial charge < -0.3 is 5.11 Å². The molecule has 0 aliphatic heterocycles. The van der Waals surface area contributed by atoms with E-state index >= 15 is 0 Å². The van der Waals surface area contributed by atoms with E-state index in [2.05, 4.69) is 41.8 Å². The predicted octanol–water partition coefficient (Wildman–Crippen LogP) is 4.16. The first kappa shape index (κ1) is 11.4. The molecule has 2 atom stereocenters. The van der Waals surface area contributed by atoms with Crippen LogP contribution in [0.5, 0.6) is 0 Å². The lowest BCUT2D eigenvalue weighted by Crippen LogP contribution is -2.35. The zero-order chi connectivity index (χ0) is 12.9. The number of hydrogen-bond acceptors (Lipinski definition) is 2. The third-order valence-electron chi connectivity index (χ3n) is 4.48. The van der Waals surface area contributed by atoms with Crippen molar-refractivity contribution >= 4 is 17.4 Å². The molecule has 2 aliphatic rings. The van der Waals surface area contributed by atoms with Crippen LogP contribution in [-0.4, -0.2) is 5.11 Å². The molecule has 1 heterocycles. The number of rotatable bonds is 2. The molecule has 19 heavy (non-hydrogen) atoms. The summed E-state index contributed by atoms with van der Waals surface area (Å²) in [7, 11) is 0. The van der Waals surface area contributed by atoms with Gasteiger partial charge in [-0.2, -0.15) is 0 Å². The molecule has 0 amide bonds. The van der Waals surface area contributed by atoms with Gasteiger partial charge in [0.05, 0.1) is 11.5 Å². The Morgan fingerprint density at radius 2 is 1.95 bits per heavy atom. The van der Waals surface area contributed by atoms with Gasteiger partial charge in [-0.05, 0) is 41.3 Å². The number of hydrogen-bond donors (Lipinski definition) is 1. The normalized spacial score (nSPS) is 29.2. The van der Waals surface area contributed by atoms with Crippen LogP contribution in [0.1, 0.15) is 34.9 Å². The van der Waals surface area contributed by atoms with Crippen molar-refractivity contribution in [2.45, 2.75) is 24.4 Å². The third kappa shape index (κ3) is 1.57. The highest BCUT2D eigenvalue weighted by Crippen LogP contribution is 2.57. The molecule has 96 valence electrons. The van der Waals surface area contributed by atoms with E-state index in [9.17, 15) is 5.11 Å². The van der Waals surface area contributed by atoms with Crippen LogP contribution in [0.25, 0.3) is 6.08 Å². The van der Waals surface area contributed by atoms with Crippen molar-refractivity contribution in [3.8, 4) is 0 Å². The Balaban J connectivity index is 1.91. The van der Waals surface area contributed by atoms with E-state index in [0.717, 1.165) is 11.1 Å². The SMILES string of the molecule is OC1c2ccccc2C=CC1(c1cccs1)C1CC1. The largest absolute Gasteiger partial charge is 0.387 e. The van der Waals surface area contributed by atoms with Crippen molar-refractivity contribution in [3.63, 3.8) is 0 Å². The second-order valence-corrected chi connectivity index (χ2v) is 6.50. The van der Waals surface area contributed by atoms with Gasteiger partial charge in [0.1, 0.15) is 0 Å². The van der Waals surface area contributed by atoms with Gasteiger partial charge >= 0.3 is 0 Å². The monoisotopic (exact) mass is 268 g/mol. The molecular weight excluding hydrogens is 252 g/mol. The van der Waals surface area contributed by atoms with E-state index in [-0.39, 0.29) is 5.41 Å². The Bertz CT molecular complexity index is 624. The Labute approximate surface area is 117 Å². The molecule has 1 aromatic carbocycles. The lowest BCUT2D eigenvalue weighted by Gasteiger charge is -2.38. The summed E-state index contributed by atoms with van der Waals surface area (Å²) in [5, 5.41) is 13.1. The molecule has 0 bridgehead atoms. The van der Waals surface area contributed by atoms with Crippen LogP contribution < -0.4 is 0 Å². The lowest BCUT2D eigenvalue weighted by atomic mass is 9.69. The van der Waals surface area contributed by atoms with Crippen LogP contribution in [0.3, 0.4) is 0 Å². The Hall–Kier alpha value is -1.38. The molecule has 4 rings (SSSR count). The van der Waals surface area contributed by atoms with E-state index in [4.69, 9.17) is 0 Å². The number of benzene rings is 1. The molecule has 2 unspecified atom stereocenters. The Kier molecular flexibility index (Phi) is 2.44. The maximum Gasteiger partial charge on any atom is 0.0937 e. The molecular formula is C17H16OS. The molecule has 0 saturated heterocycles. The Morgan fingerprint density at radius 3 is 2.68 bits per heavy atom. The predicted molar refractivity (Wildman–Crippen MR) is 79.2 cm³/mol. The zero-order valence-corrected chi connectivity index (χ0v) is 11.4. The molecule has 1 nitrogen and oxygen atoms in total. The fourth-order valence-corrected chi connectivity index (χ4v) is 4.36. The molecule has 0 spiro atoms. The van der Waals surface area contributed by atoms with Gasteiger partial charge in [0.15, 0.2) is 0 Å². The molecule has 1 aromatic heterocycles. The van der Waals surface area contributed by atoms with E-state index < -0.39 is 6.10 Å². The van der Waals surface area contributed by atoms with Crippen LogP contribution in [-0.2, 0) is 5.41 Å². The maximum absolute atomic E-state index is 11.0. The summed E-state index contributed by atoms with van der Waals surface area (Å²) in [6.45, 7) is 0. The van der Waals surface area contributed by atoms with Crippen LogP contribution in [0.2, 0.25) is 0 Å². The molecule has 1 saturated carbocycles. The van der Waals surface area contributed by atoms with Crippen molar-refractivity contribution < 1.29 is 5.11 Å². The summed E-state index contributed by atoms with van der Waals surface area (Å²) in [6, 6.07) is 12.5. The average molecular weight is 268 g/mol. The molecule has 0 radical (unpaired) electrons. The van der Waals surface area contributed by atoms with Crippen molar-refractivity contribution in [3.05, 3.63) is 63.9 Å².